The highest BCUT2D eigenvalue weighted by molar-refractivity contribution is 9.10. The Labute approximate surface area is 123 Å². The molecule has 0 aliphatic carbocycles. The van der Waals surface area contributed by atoms with Crippen LogP contribution in [-0.2, 0) is 19.5 Å². The fraction of sp³-hybridized carbons (Fsp3) is 0.312. The van der Waals surface area contributed by atoms with Crippen molar-refractivity contribution in [3.63, 3.8) is 0 Å². The highest BCUT2D eigenvalue weighted by atomic mass is 79.9. The summed E-state index contributed by atoms with van der Waals surface area (Å²) in [4.78, 5) is 4.44. The zero-order chi connectivity index (χ0) is 13.7. The molecule has 0 radical (unpaired) electrons. The molecule has 0 unspecified atom stereocenters. The summed E-state index contributed by atoms with van der Waals surface area (Å²) >= 11 is 3.57. The van der Waals surface area contributed by atoms with Crippen LogP contribution >= 0.6 is 15.9 Å². The number of halogens is 1. The molecule has 0 saturated heterocycles. The number of hydrogen-bond acceptors (Lipinski definition) is 2. The van der Waals surface area contributed by atoms with Crippen molar-refractivity contribution in [3.05, 3.63) is 63.4 Å². The van der Waals surface area contributed by atoms with E-state index in [2.05, 4.69) is 64.3 Å². The summed E-state index contributed by atoms with van der Waals surface area (Å²) in [6.07, 6.45) is 2.89. The van der Waals surface area contributed by atoms with E-state index in [-0.39, 0.29) is 0 Å². The molecule has 1 N–H and O–H groups in total. The van der Waals surface area contributed by atoms with Gasteiger partial charge >= 0.3 is 0 Å². The van der Waals surface area contributed by atoms with E-state index in [1.807, 2.05) is 12.3 Å². The van der Waals surface area contributed by atoms with Gasteiger partial charge < -0.3 is 5.32 Å². The quantitative estimate of drug-likeness (QED) is 0.901. The number of aryl methyl sites for hydroxylation is 2. The van der Waals surface area contributed by atoms with E-state index in [1.165, 1.54) is 21.2 Å². The molecule has 2 nitrogen and oxygen atoms in total. The summed E-state index contributed by atoms with van der Waals surface area (Å²) in [5.41, 5.74) is 5.02. The van der Waals surface area contributed by atoms with E-state index >= 15 is 0 Å². The molecule has 1 aromatic carbocycles. The lowest BCUT2D eigenvalue weighted by molar-refractivity contribution is 0.673. The summed E-state index contributed by atoms with van der Waals surface area (Å²) in [6.45, 7) is 5.94. The maximum absolute atomic E-state index is 4.44. The van der Waals surface area contributed by atoms with Gasteiger partial charge in [-0.25, -0.2) is 0 Å². The van der Waals surface area contributed by atoms with Crippen molar-refractivity contribution in [2.24, 2.45) is 0 Å². The molecule has 0 fully saturated rings. The van der Waals surface area contributed by atoms with Gasteiger partial charge in [0.2, 0.25) is 0 Å². The fourth-order valence-electron chi connectivity index (χ4n) is 2.02. The Balaban J connectivity index is 1.94. The minimum atomic E-state index is 0.815. The average molecular weight is 319 g/mol. The Morgan fingerprint density at radius 2 is 2.05 bits per heavy atom. The number of rotatable bonds is 5. The van der Waals surface area contributed by atoms with Gasteiger partial charge in [-0.1, -0.05) is 41.1 Å². The summed E-state index contributed by atoms with van der Waals surface area (Å²) in [6, 6.07) is 10.6. The average Bonchev–Trinajstić information content (AvgIpc) is 2.43. The van der Waals surface area contributed by atoms with Crippen LogP contribution in [0.15, 0.2) is 41.0 Å². The number of nitrogens with one attached hydrogen (secondary N) is 1. The van der Waals surface area contributed by atoms with Crippen LogP contribution in [0, 0.1) is 6.92 Å². The Morgan fingerprint density at radius 1 is 1.21 bits per heavy atom. The van der Waals surface area contributed by atoms with Crippen LogP contribution in [0.5, 0.6) is 0 Å². The molecule has 2 rings (SSSR count). The van der Waals surface area contributed by atoms with Gasteiger partial charge in [-0.2, -0.15) is 0 Å². The normalized spacial score (nSPS) is 10.7. The molecule has 0 saturated carbocycles. The number of nitrogens with zero attached hydrogens (tertiary/aromatic N) is 1. The minimum absolute atomic E-state index is 0.815. The standard InChI is InChI=1S/C16H19BrN2/c1-3-14-5-4-8-19-16(14)11-18-10-13-7-6-12(2)15(17)9-13/h4-9,18H,3,10-11H2,1-2H3. The molecule has 3 heteroatoms. The smallest absolute Gasteiger partial charge is 0.0573 e. The maximum atomic E-state index is 4.44. The number of benzene rings is 1. The van der Waals surface area contributed by atoms with Crippen LogP contribution in [0.25, 0.3) is 0 Å². The Hall–Kier alpha value is -1.19. The Bertz CT molecular complexity index is 552. The van der Waals surface area contributed by atoms with Crippen molar-refractivity contribution in [2.45, 2.75) is 33.4 Å². The molecule has 1 aromatic heterocycles. The summed E-state index contributed by atoms with van der Waals surface area (Å²) < 4.78 is 1.17. The molecular weight excluding hydrogens is 300 g/mol. The summed E-state index contributed by atoms with van der Waals surface area (Å²) in [5.74, 6) is 0. The number of pyridine rings is 1. The highest BCUT2D eigenvalue weighted by Crippen LogP contribution is 2.17. The van der Waals surface area contributed by atoms with Gasteiger partial charge in [0.05, 0.1) is 5.69 Å². The van der Waals surface area contributed by atoms with Crippen LogP contribution in [0.3, 0.4) is 0 Å². The predicted molar refractivity (Wildman–Crippen MR) is 83.0 cm³/mol. The molecule has 0 aliphatic heterocycles. The van der Waals surface area contributed by atoms with Gasteiger partial charge in [0.25, 0.3) is 0 Å². The Kier molecular flexibility index (Phi) is 5.11. The van der Waals surface area contributed by atoms with Crippen molar-refractivity contribution < 1.29 is 0 Å². The third-order valence-electron chi connectivity index (χ3n) is 3.22. The second kappa shape index (κ2) is 6.83. The number of hydrogen-bond donors (Lipinski definition) is 1. The first-order valence-electron chi connectivity index (χ1n) is 6.59. The lowest BCUT2D eigenvalue weighted by Gasteiger charge is -2.09. The molecule has 19 heavy (non-hydrogen) atoms. The van der Waals surface area contributed by atoms with Crippen LogP contribution in [0.1, 0.15) is 29.3 Å². The molecule has 0 aliphatic rings. The van der Waals surface area contributed by atoms with Gasteiger partial charge in [-0.15, -0.1) is 0 Å². The van der Waals surface area contributed by atoms with Crippen LogP contribution in [0.2, 0.25) is 0 Å². The Morgan fingerprint density at radius 3 is 2.79 bits per heavy atom. The summed E-state index contributed by atoms with van der Waals surface area (Å²) in [7, 11) is 0. The zero-order valence-corrected chi connectivity index (χ0v) is 13.0. The predicted octanol–water partition coefficient (Wildman–Crippen LogP) is 4.00. The van der Waals surface area contributed by atoms with Gasteiger partial charge in [0, 0.05) is 23.8 Å². The van der Waals surface area contributed by atoms with E-state index in [9.17, 15) is 0 Å². The van der Waals surface area contributed by atoms with Crippen LogP contribution < -0.4 is 5.32 Å². The molecule has 0 atom stereocenters. The van der Waals surface area contributed by atoms with Gasteiger partial charge in [0.15, 0.2) is 0 Å². The lowest BCUT2D eigenvalue weighted by Crippen LogP contribution is -2.15. The van der Waals surface area contributed by atoms with Crippen molar-refractivity contribution in [1.29, 1.82) is 0 Å². The lowest BCUT2D eigenvalue weighted by atomic mass is 10.1. The molecular formula is C16H19BrN2. The monoisotopic (exact) mass is 318 g/mol. The largest absolute Gasteiger partial charge is 0.307 e. The third kappa shape index (κ3) is 3.88. The third-order valence-corrected chi connectivity index (χ3v) is 4.08. The zero-order valence-electron chi connectivity index (χ0n) is 11.4. The molecule has 100 valence electrons. The van der Waals surface area contributed by atoms with E-state index in [0.29, 0.717) is 0 Å². The van der Waals surface area contributed by atoms with Crippen LogP contribution in [0.4, 0.5) is 0 Å². The second-order valence-corrected chi connectivity index (χ2v) is 5.50. The van der Waals surface area contributed by atoms with Gasteiger partial charge in [-0.05, 0) is 42.2 Å². The first-order chi connectivity index (χ1) is 9.20. The highest BCUT2D eigenvalue weighted by Gasteiger charge is 2.02. The van der Waals surface area contributed by atoms with Gasteiger partial charge in [0.1, 0.15) is 0 Å². The topological polar surface area (TPSA) is 24.9 Å². The van der Waals surface area contributed by atoms with E-state index < -0.39 is 0 Å². The van der Waals surface area contributed by atoms with Crippen molar-refractivity contribution in [3.8, 4) is 0 Å². The van der Waals surface area contributed by atoms with E-state index in [1.54, 1.807) is 0 Å². The second-order valence-electron chi connectivity index (χ2n) is 4.65. The first kappa shape index (κ1) is 14.2. The molecule has 0 bridgehead atoms. The fourth-order valence-corrected chi connectivity index (χ4v) is 2.45. The van der Waals surface area contributed by atoms with E-state index in [4.69, 9.17) is 0 Å². The first-order valence-corrected chi connectivity index (χ1v) is 7.38. The molecule has 1 heterocycles. The van der Waals surface area contributed by atoms with Crippen molar-refractivity contribution >= 4 is 15.9 Å². The van der Waals surface area contributed by atoms with Crippen molar-refractivity contribution in [2.75, 3.05) is 0 Å². The molecule has 2 aromatic rings. The van der Waals surface area contributed by atoms with Gasteiger partial charge in [-0.3, -0.25) is 4.98 Å². The van der Waals surface area contributed by atoms with Crippen molar-refractivity contribution in [1.82, 2.24) is 10.3 Å². The number of aromatic nitrogens is 1. The molecule has 0 amide bonds. The van der Waals surface area contributed by atoms with E-state index in [0.717, 1.165) is 25.2 Å². The SMILES string of the molecule is CCc1cccnc1CNCc1ccc(C)c(Br)c1. The minimum Gasteiger partial charge on any atom is -0.307 e. The summed E-state index contributed by atoms with van der Waals surface area (Å²) in [5, 5.41) is 3.46. The van der Waals surface area contributed by atoms with Crippen LogP contribution in [-0.4, -0.2) is 4.98 Å². The molecule has 0 spiro atoms. The maximum Gasteiger partial charge on any atom is 0.0573 e.